The minimum absolute atomic E-state index is 0.103. The smallest absolute Gasteiger partial charge is 0.240 e. The van der Waals surface area contributed by atoms with Crippen LogP contribution in [0.25, 0.3) is 0 Å². The van der Waals surface area contributed by atoms with Crippen molar-refractivity contribution in [1.29, 1.82) is 0 Å². The Bertz CT molecular complexity index is 432. The molecule has 0 aromatic carbocycles. The highest BCUT2D eigenvalue weighted by atomic mass is 16.2. The molecule has 0 aliphatic carbocycles. The van der Waals surface area contributed by atoms with E-state index in [2.05, 4.69) is 29.4 Å². The topological polar surface area (TPSA) is 58.1 Å². The molecule has 1 aliphatic rings. The lowest BCUT2D eigenvalue weighted by Crippen LogP contribution is -2.44. The number of rotatable bonds is 3. The molecule has 1 aromatic heterocycles. The summed E-state index contributed by atoms with van der Waals surface area (Å²) in [4.78, 5) is 14.4. The Morgan fingerprint density at radius 1 is 1.53 bits per heavy atom. The van der Waals surface area contributed by atoms with Gasteiger partial charge in [0.15, 0.2) is 0 Å². The number of likely N-dealkylation sites (N-methyl/N-ethyl adjacent to an activating group) is 1. The second kappa shape index (κ2) is 5.65. The highest BCUT2D eigenvalue weighted by molar-refractivity contribution is 5.82. The van der Waals surface area contributed by atoms with E-state index in [1.165, 1.54) is 0 Å². The summed E-state index contributed by atoms with van der Waals surface area (Å²) in [6, 6.07) is 3.66. The highest BCUT2D eigenvalue weighted by Crippen LogP contribution is 2.30. The van der Waals surface area contributed by atoms with Gasteiger partial charge >= 0.3 is 0 Å². The summed E-state index contributed by atoms with van der Waals surface area (Å²) in [5.41, 5.74) is 1.02. The average Bonchev–Trinajstić information content (AvgIpc) is 2.51. The number of hydrogen-bond donors (Lipinski definition) is 1. The molecule has 1 aliphatic heterocycles. The van der Waals surface area contributed by atoms with Gasteiger partial charge in [-0.15, -0.1) is 0 Å². The van der Waals surface area contributed by atoms with E-state index < -0.39 is 0 Å². The van der Waals surface area contributed by atoms with Crippen LogP contribution in [0.15, 0.2) is 18.3 Å². The summed E-state index contributed by atoms with van der Waals surface area (Å²) >= 11 is 0. The maximum atomic E-state index is 12.5. The van der Waals surface area contributed by atoms with E-state index in [4.69, 9.17) is 0 Å². The molecule has 1 aromatic rings. The molecule has 1 saturated heterocycles. The molecule has 0 radical (unpaired) electrons. The van der Waals surface area contributed by atoms with Crippen LogP contribution in [0.2, 0.25) is 0 Å². The van der Waals surface area contributed by atoms with E-state index in [9.17, 15) is 4.79 Å². The molecule has 1 N–H and O–H groups in total. The summed E-state index contributed by atoms with van der Waals surface area (Å²) in [6.07, 6.45) is 3.53. The molecular weight excluding hydrogens is 240 g/mol. The van der Waals surface area contributed by atoms with Gasteiger partial charge < -0.3 is 10.2 Å². The third kappa shape index (κ3) is 3.50. The van der Waals surface area contributed by atoms with Crippen LogP contribution < -0.4 is 5.32 Å². The first-order chi connectivity index (χ1) is 9.02. The van der Waals surface area contributed by atoms with Gasteiger partial charge in [-0.3, -0.25) is 4.79 Å². The Kier molecular flexibility index (Phi) is 4.14. The number of hydrogen-bond acceptors (Lipinski definition) is 4. The summed E-state index contributed by atoms with van der Waals surface area (Å²) in [7, 11) is 1.85. The monoisotopic (exact) mass is 262 g/mol. The van der Waals surface area contributed by atoms with Crippen LogP contribution in [0.4, 0.5) is 0 Å². The second-order valence-corrected chi connectivity index (χ2v) is 5.93. The SMILES string of the molecule is CNC1CC(C)(C)CCN(Cc2cccnn2)C1=O. The van der Waals surface area contributed by atoms with Crippen molar-refractivity contribution in [3.05, 3.63) is 24.0 Å². The summed E-state index contributed by atoms with van der Waals surface area (Å²) in [5.74, 6) is 0.165. The fourth-order valence-corrected chi connectivity index (χ4v) is 2.51. The highest BCUT2D eigenvalue weighted by Gasteiger charge is 2.34. The van der Waals surface area contributed by atoms with Gasteiger partial charge in [0.2, 0.25) is 5.91 Å². The largest absolute Gasteiger partial charge is 0.335 e. The maximum absolute atomic E-state index is 12.5. The zero-order chi connectivity index (χ0) is 13.9. The van der Waals surface area contributed by atoms with Crippen LogP contribution in [0.1, 0.15) is 32.4 Å². The van der Waals surface area contributed by atoms with E-state index in [1.807, 2.05) is 24.1 Å². The standard InChI is InChI=1S/C14H22N4O/c1-14(2)6-8-18(13(19)12(9-14)15-3)10-11-5-4-7-16-17-11/h4-5,7,12,15H,6,8-10H2,1-3H3. The van der Waals surface area contributed by atoms with Crippen molar-refractivity contribution < 1.29 is 4.79 Å². The summed E-state index contributed by atoms with van der Waals surface area (Å²) in [5, 5.41) is 11.1. The van der Waals surface area contributed by atoms with Gasteiger partial charge in [0.25, 0.3) is 0 Å². The average molecular weight is 262 g/mol. The molecule has 19 heavy (non-hydrogen) atoms. The molecule has 1 unspecified atom stereocenters. The Labute approximate surface area is 114 Å². The number of nitrogens with zero attached hydrogens (tertiary/aromatic N) is 3. The van der Waals surface area contributed by atoms with Crippen LogP contribution in [-0.4, -0.2) is 40.6 Å². The van der Waals surface area contributed by atoms with Gasteiger partial charge in [-0.25, -0.2) is 0 Å². The quantitative estimate of drug-likeness (QED) is 0.889. The third-order valence-electron chi connectivity index (χ3n) is 3.75. The van der Waals surface area contributed by atoms with Crippen LogP contribution >= 0.6 is 0 Å². The maximum Gasteiger partial charge on any atom is 0.240 e. The van der Waals surface area contributed by atoms with Gasteiger partial charge in [0, 0.05) is 12.7 Å². The van der Waals surface area contributed by atoms with E-state index in [0.29, 0.717) is 6.54 Å². The summed E-state index contributed by atoms with van der Waals surface area (Å²) < 4.78 is 0. The van der Waals surface area contributed by atoms with Crippen molar-refractivity contribution in [2.24, 2.45) is 5.41 Å². The first-order valence-electron chi connectivity index (χ1n) is 6.74. The van der Waals surface area contributed by atoms with Gasteiger partial charge in [0.1, 0.15) is 0 Å². The molecule has 0 saturated carbocycles. The number of likely N-dealkylation sites (tertiary alicyclic amines) is 1. The Hall–Kier alpha value is -1.49. The van der Waals surface area contributed by atoms with Crippen molar-refractivity contribution in [3.8, 4) is 0 Å². The molecule has 5 heteroatoms. The Morgan fingerprint density at radius 3 is 2.95 bits per heavy atom. The number of aromatic nitrogens is 2. The molecule has 5 nitrogen and oxygen atoms in total. The molecule has 1 atom stereocenters. The first-order valence-corrected chi connectivity index (χ1v) is 6.74. The fraction of sp³-hybridized carbons (Fsp3) is 0.643. The van der Waals surface area contributed by atoms with Gasteiger partial charge in [0.05, 0.1) is 18.3 Å². The fourth-order valence-electron chi connectivity index (χ4n) is 2.51. The minimum Gasteiger partial charge on any atom is -0.335 e. The molecule has 0 bridgehead atoms. The van der Waals surface area contributed by atoms with Gasteiger partial charge in [-0.1, -0.05) is 13.8 Å². The second-order valence-electron chi connectivity index (χ2n) is 5.93. The minimum atomic E-state index is -0.103. The zero-order valence-electron chi connectivity index (χ0n) is 11.9. The van der Waals surface area contributed by atoms with Gasteiger partial charge in [-0.05, 0) is 37.4 Å². The predicted octanol–water partition coefficient (Wildman–Crippen LogP) is 1.21. The summed E-state index contributed by atoms with van der Waals surface area (Å²) in [6.45, 7) is 5.76. The lowest BCUT2D eigenvalue weighted by molar-refractivity contribution is -0.133. The number of nitrogens with one attached hydrogen (secondary N) is 1. The Balaban J connectivity index is 2.13. The van der Waals surface area contributed by atoms with Crippen molar-refractivity contribution in [2.75, 3.05) is 13.6 Å². The van der Waals surface area contributed by atoms with Crippen molar-refractivity contribution in [1.82, 2.24) is 20.4 Å². The molecule has 0 spiro atoms. The number of carbonyl (C=O) groups is 1. The van der Waals surface area contributed by atoms with Crippen LogP contribution in [0.3, 0.4) is 0 Å². The van der Waals surface area contributed by atoms with E-state index >= 15 is 0 Å². The Morgan fingerprint density at radius 2 is 2.32 bits per heavy atom. The van der Waals surface area contributed by atoms with Crippen LogP contribution in [0.5, 0.6) is 0 Å². The zero-order valence-corrected chi connectivity index (χ0v) is 11.9. The van der Waals surface area contributed by atoms with Gasteiger partial charge in [-0.2, -0.15) is 10.2 Å². The normalized spacial score (nSPS) is 23.2. The molecule has 104 valence electrons. The van der Waals surface area contributed by atoms with Crippen LogP contribution in [-0.2, 0) is 11.3 Å². The third-order valence-corrected chi connectivity index (χ3v) is 3.75. The van der Waals surface area contributed by atoms with E-state index in [1.54, 1.807) is 6.20 Å². The lowest BCUT2D eigenvalue weighted by atomic mass is 9.83. The lowest BCUT2D eigenvalue weighted by Gasteiger charge is -2.24. The molecule has 1 amide bonds. The molecular formula is C14H22N4O. The van der Waals surface area contributed by atoms with E-state index in [0.717, 1.165) is 25.1 Å². The molecule has 1 fully saturated rings. The predicted molar refractivity (Wildman–Crippen MR) is 73.3 cm³/mol. The first kappa shape index (κ1) is 13.9. The van der Waals surface area contributed by atoms with Crippen molar-refractivity contribution in [2.45, 2.75) is 39.3 Å². The number of carbonyl (C=O) groups excluding carboxylic acids is 1. The van der Waals surface area contributed by atoms with Crippen molar-refractivity contribution >= 4 is 5.91 Å². The molecule has 2 rings (SSSR count). The van der Waals surface area contributed by atoms with Crippen molar-refractivity contribution in [3.63, 3.8) is 0 Å². The number of amides is 1. The molecule has 2 heterocycles. The van der Waals surface area contributed by atoms with E-state index in [-0.39, 0.29) is 17.4 Å². The van der Waals surface area contributed by atoms with Crippen LogP contribution in [0, 0.1) is 5.41 Å².